The van der Waals surface area contributed by atoms with Gasteiger partial charge < -0.3 is 35.6 Å². The molecule has 9 heteroatoms. The predicted molar refractivity (Wildman–Crippen MR) is 153 cm³/mol. The van der Waals surface area contributed by atoms with Crippen LogP contribution in [0.2, 0.25) is 0 Å². The molecule has 0 spiro atoms. The Morgan fingerprint density at radius 3 is 2.31 bits per heavy atom. The number of hydrogen-bond donors (Lipinski definition) is 3. The number of nitrogens with two attached hydrogens (primary N) is 1. The molecule has 0 bridgehead atoms. The lowest BCUT2D eigenvalue weighted by atomic mass is 9.81. The molecular weight excluding hydrogens is 498 g/mol. The van der Waals surface area contributed by atoms with Crippen molar-refractivity contribution >= 4 is 11.6 Å². The Kier molecular flexibility index (Phi) is 13.5. The number of aromatic nitrogens is 1. The molecule has 2 aromatic rings. The number of aliphatic hydroxyl groups excluding tert-OH is 1. The Morgan fingerprint density at radius 1 is 1.03 bits per heavy atom. The van der Waals surface area contributed by atoms with E-state index in [0.29, 0.717) is 47.5 Å². The van der Waals surface area contributed by atoms with Crippen LogP contribution < -0.4 is 25.3 Å². The smallest absolute Gasteiger partial charge is 0.227 e. The number of amides is 1. The third-order valence-corrected chi connectivity index (χ3v) is 7.19. The van der Waals surface area contributed by atoms with Crippen molar-refractivity contribution in [3.63, 3.8) is 0 Å². The van der Waals surface area contributed by atoms with Crippen LogP contribution in [-0.4, -0.2) is 50.6 Å². The Morgan fingerprint density at radius 2 is 1.72 bits per heavy atom. The summed E-state index contributed by atoms with van der Waals surface area (Å²) in [6.07, 6.45) is 4.26. The molecule has 0 saturated heterocycles. The molecule has 0 aliphatic heterocycles. The molecule has 218 valence electrons. The minimum absolute atomic E-state index is 0.00233. The summed E-state index contributed by atoms with van der Waals surface area (Å²) in [7, 11) is 3.29. The maximum absolute atomic E-state index is 13.0. The number of aliphatic hydroxyl groups is 1. The number of nitrogens with one attached hydrogen (secondary N) is 1. The van der Waals surface area contributed by atoms with Crippen LogP contribution in [0, 0.1) is 28.9 Å². The molecule has 2 rings (SSSR count). The summed E-state index contributed by atoms with van der Waals surface area (Å²) in [4.78, 5) is 13.0. The lowest BCUT2D eigenvalue weighted by Crippen LogP contribution is -2.41. The van der Waals surface area contributed by atoms with Gasteiger partial charge in [0.05, 0.1) is 25.5 Å². The molecule has 1 aromatic carbocycles. The number of anilines is 1. The van der Waals surface area contributed by atoms with Gasteiger partial charge in [0.25, 0.3) is 0 Å². The highest BCUT2D eigenvalue weighted by Crippen LogP contribution is 2.32. The zero-order valence-corrected chi connectivity index (χ0v) is 24.3. The van der Waals surface area contributed by atoms with E-state index < -0.39 is 18.1 Å². The second-order valence-electron chi connectivity index (χ2n) is 10.9. The number of methoxy groups -OCH3 is 2. The molecule has 9 nitrogen and oxygen atoms in total. The molecule has 1 amide bonds. The minimum atomic E-state index is -0.834. The summed E-state index contributed by atoms with van der Waals surface area (Å²) in [6.45, 7) is 9.39. The number of pyridine rings is 1. The number of carbonyl (C=O) groups is 1. The molecule has 1 heterocycles. The summed E-state index contributed by atoms with van der Waals surface area (Å²) in [5, 5.41) is 25.2. The average Bonchev–Trinajstić information content (AvgIpc) is 2.90. The van der Waals surface area contributed by atoms with Crippen LogP contribution in [0.3, 0.4) is 0 Å². The maximum Gasteiger partial charge on any atom is 0.227 e. The van der Waals surface area contributed by atoms with Gasteiger partial charge in [-0.1, -0.05) is 33.8 Å². The zero-order valence-electron chi connectivity index (χ0n) is 24.3. The molecule has 1 aromatic heterocycles. The highest BCUT2D eigenvalue weighted by Gasteiger charge is 2.30. The molecule has 4 N–H and O–H groups in total. The van der Waals surface area contributed by atoms with Gasteiger partial charge >= 0.3 is 0 Å². The monoisotopic (exact) mass is 545 g/mol. The first-order valence-electron chi connectivity index (χ1n) is 13.8. The number of nitrogens with zero attached hydrogens (tertiary/aromatic N) is 1. The Labute approximate surface area is 233 Å². The second-order valence-corrected chi connectivity index (χ2v) is 10.9. The van der Waals surface area contributed by atoms with Crippen LogP contribution in [-0.2, 0) is 16.0 Å². The van der Waals surface area contributed by atoms with E-state index >= 15 is 0 Å². The zero-order chi connectivity index (χ0) is 28.9. The molecule has 4 atom stereocenters. The first kappa shape index (κ1) is 32.3. The Hall–Kier alpha value is -2.88. The van der Waals surface area contributed by atoms with Crippen molar-refractivity contribution in [2.45, 2.75) is 65.5 Å². The third kappa shape index (κ3) is 10.7. The fourth-order valence-electron chi connectivity index (χ4n) is 4.59. The van der Waals surface area contributed by atoms with Crippen molar-refractivity contribution in [3.05, 3.63) is 53.5 Å². The summed E-state index contributed by atoms with van der Waals surface area (Å²) in [6, 6.07) is 8.59. The third-order valence-electron chi connectivity index (χ3n) is 7.19. The normalized spacial score (nSPS) is 14.6. The molecule has 0 aliphatic rings. The molecular formula is C30H47N3O6. The van der Waals surface area contributed by atoms with Crippen molar-refractivity contribution in [1.29, 1.82) is 0 Å². The first-order valence-corrected chi connectivity index (χ1v) is 13.8. The van der Waals surface area contributed by atoms with Crippen molar-refractivity contribution in [3.8, 4) is 11.5 Å². The van der Waals surface area contributed by atoms with E-state index in [2.05, 4.69) is 19.2 Å². The SMILES string of the molecule is COCCCOc1cc(C[C@@H](C[C@H](N)[C@@H](O)C[C@H](C(=O)Nc2cc[n+]([O-])cc2)C(C)C)C(C)C)ccc1OC. The van der Waals surface area contributed by atoms with Crippen LogP contribution in [0.4, 0.5) is 5.69 Å². The number of ether oxygens (including phenoxy) is 3. The first-order chi connectivity index (χ1) is 18.5. The van der Waals surface area contributed by atoms with Crippen molar-refractivity contribution < 1.29 is 28.8 Å². The fraction of sp³-hybridized carbons (Fsp3) is 0.600. The molecule has 0 saturated carbocycles. The second kappa shape index (κ2) is 16.3. The van der Waals surface area contributed by atoms with Crippen LogP contribution >= 0.6 is 0 Å². The largest absolute Gasteiger partial charge is 0.619 e. The summed E-state index contributed by atoms with van der Waals surface area (Å²) < 4.78 is 17.2. The number of rotatable bonds is 17. The van der Waals surface area contributed by atoms with E-state index in [4.69, 9.17) is 19.9 Å². The highest BCUT2D eigenvalue weighted by molar-refractivity contribution is 5.92. The quantitative estimate of drug-likeness (QED) is 0.156. The van der Waals surface area contributed by atoms with Crippen LogP contribution in [0.1, 0.15) is 52.5 Å². The Bertz CT molecular complexity index is 999. The Balaban J connectivity index is 2.04. The van der Waals surface area contributed by atoms with E-state index in [1.165, 1.54) is 12.4 Å². The van der Waals surface area contributed by atoms with Crippen molar-refractivity contribution in [2.75, 3.05) is 32.8 Å². The van der Waals surface area contributed by atoms with Gasteiger partial charge in [-0.15, -0.1) is 0 Å². The van der Waals surface area contributed by atoms with Crippen molar-refractivity contribution in [1.82, 2.24) is 0 Å². The van der Waals surface area contributed by atoms with E-state index in [1.54, 1.807) is 26.4 Å². The summed E-state index contributed by atoms with van der Waals surface area (Å²) in [5.41, 5.74) is 8.17. The molecule has 0 unspecified atom stereocenters. The van der Waals surface area contributed by atoms with E-state index in [1.807, 2.05) is 32.0 Å². The van der Waals surface area contributed by atoms with Gasteiger partial charge in [-0.3, -0.25) is 4.79 Å². The van der Waals surface area contributed by atoms with Gasteiger partial charge in [-0.25, -0.2) is 0 Å². The molecule has 39 heavy (non-hydrogen) atoms. The fourth-order valence-corrected chi connectivity index (χ4v) is 4.59. The summed E-state index contributed by atoms with van der Waals surface area (Å²) >= 11 is 0. The maximum atomic E-state index is 13.0. The standard InChI is InChI=1S/C30H47N3O6/c1-20(2)23(16-22-8-9-28(38-6)29(17-22)39-15-7-14-37-5)18-26(31)27(34)19-25(21(3)4)30(35)32-24-10-12-33(36)13-11-24/h8-13,17,20-21,23,25-27,34H,7,14-16,18-19,31H2,1-6H3,(H,32,35)/t23-,25-,26-,27-/m0/s1. The van der Waals surface area contributed by atoms with Gasteiger partial charge in [0, 0.05) is 44.2 Å². The molecule has 0 aliphatic carbocycles. The average molecular weight is 546 g/mol. The summed E-state index contributed by atoms with van der Waals surface area (Å²) in [5.74, 6) is 1.32. The lowest BCUT2D eigenvalue weighted by molar-refractivity contribution is -0.605. The van der Waals surface area contributed by atoms with Crippen LogP contribution in [0.15, 0.2) is 42.7 Å². The molecule has 0 fully saturated rings. The van der Waals surface area contributed by atoms with Gasteiger partial charge in [0.15, 0.2) is 23.9 Å². The van der Waals surface area contributed by atoms with E-state index in [0.717, 1.165) is 18.4 Å². The van der Waals surface area contributed by atoms with E-state index in [9.17, 15) is 15.1 Å². The van der Waals surface area contributed by atoms with Gasteiger partial charge in [-0.2, -0.15) is 4.73 Å². The highest BCUT2D eigenvalue weighted by atomic mass is 16.5. The van der Waals surface area contributed by atoms with Crippen LogP contribution in [0.25, 0.3) is 0 Å². The van der Waals surface area contributed by atoms with Crippen LogP contribution in [0.5, 0.6) is 11.5 Å². The number of hydrogen-bond acceptors (Lipinski definition) is 7. The minimum Gasteiger partial charge on any atom is -0.619 e. The molecule has 0 radical (unpaired) electrons. The predicted octanol–water partition coefficient (Wildman–Crippen LogP) is 3.94. The van der Waals surface area contributed by atoms with Gasteiger partial charge in [0.2, 0.25) is 5.91 Å². The topological polar surface area (TPSA) is 130 Å². The van der Waals surface area contributed by atoms with Crippen molar-refractivity contribution in [2.24, 2.45) is 29.4 Å². The number of carbonyl (C=O) groups excluding carboxylic acids is 1. The van der Waals surface area contributed by atoms with Gasteiger partial charge in [-0.05, 0) is 54.7 Å². The number of benzene rings is 1. The van der Waals surface area contributed by atoms with Gasteiger partial charge in [0.1, 0.15) is 0 Å². The van der Waals surface area contributed by atoms with E-state index in [-0.39, 0.29) is 24.2 Å². The lowest BCUT2D eigenvalue weighted by Gasteiger charge is -2.30.